The average Bonchev–Trinajstić information content (AvgIpc) is 2.74. The molecule has 170 valence electrons. The van der Waals surface area contributed by atoms with E-state index in [1.165, 1.54) is 6.26 Å². The van der Waals surface area contributed by atoms with Crippen molar-refractivity contribution in [1.29, 1.82) is 0 Å². The van der Waals surface area contributed by atoms with Crippen LogP contribution in [0.3, 0.4) is 0 Å². The van der Waals surface area contributed by atoms with E-state index in [4.69, 9.17) is 4.74 Å². The Hall–Kier alpha value is -2.01. The number of ether oxygens (including phenoxy) is 1. The SMILES string of the molecule is CN=C(NCc1ccc(CS(C)(=O)=O)cc1)N1CCN(c2ccccc2OC)CC1.I. The lowest BCUT2D eigenvalue weighted by molar-refractivity contribution is 0.367. The number of benzene rings is 2. The van der Waals surface area contributed by atoms with Crippen molar-refractivity contribution in [2.24, 2.45) is 4.99 Å². The van der Waals surface area contributed by atoms with E-state index in [1.807, 2.05) is 42.5 Å². The highest BCUT2D eigenvalue weighted by Crippen LogP contribution is 2.28. The van der Waals surface area contributed by atoms with Gasteiger partial charge in [0.25, 0.3) is 0 Å². The summed E-state index contributed by atoms with van der Waals surface area (Å²) in [6.45, 7) is 4.15. The number of nitrogens with zero attached hydrogens (tertiary/aromatic N) is 3. The Bertz CT molecular complexity index is 973. The number of hydrogen-bond donors (Lipinski definition) is 1. The van der Waals surface area contributed by atoms with Gasteiger partial charge in [0, 0.05) is 46.0 Å². The summed E-state index contributed by atoms with van der Waals surface area (Å²) >= 11 is 0. The predicted octanol–water partition coefficient (Wildman–Crippen LogP) is 2.76. The van der Waals surface area contributed by atoms with Crippen LogP contribution >= 0.6 is 24.0 Å². The number of piperazine rings is 1. The van der Waals surface area contributed by atoms with E-state index < -0.39 is 9.84 Å². The first kappa shape index (κ1) is 25.3. The molecule has 0 aliphatic carbocycles. The maximum Gasteiger partial charge on any atom is 0.194 e. The van der Waals surface area contributed by atoms with Crippen LogP contribution in [0.1, 0.15) is 11.1 Å². The van der Waals surface area contributed by atoms with Crippen molar-refractivity contribution in [3.8, 4) is 5.75 Å². The minimum Gasteiger partial charge on any atom is -0.495 e. The standard InChI is InChI=1S/C22H30N4O3S.HI/c1-23-22(24-16-18-8-10-19(11-9-18)17-30(3,27)28)26-14-12-25(13-15-26)20-6-4-5-7-21(20)29-2;/h4-11H,12-17H2,1-3H3,(H,23,24);1H. The summed E-state index contributed by atoms with van der Waals surface area (Å²) in [7, 11) is 0.482. The smallest absolute Gasteiger partial charge is 0.194 e. The van der Waals surface area contributed by atoms with E-state index in [0.717, 1.165) is 54.7 Å². The Morgan fingerprint density at radius 3 is 2.23 bits per heavy atom. The zero-order chi connectivity index (χ0) is 21.6. The average molecular weight is 558 g/mol. The van der Waals surface area contributed by atoms with Gasteiger partial charge in [-0.2, -0.15) is 0 Å². The third-order valence-corrected chi connectivity index (χ3v) is 5.98. The largest absolute Gasteiger partial charge is 0.495 e. The number of halogens is 1. The van der Waals surface area contributed by atoms with Crippen molar-refractivity contribution >= 4 is 45.5 Å². The first-order chi connectivity index (χ1) is 14.4. The van der Waals surface area contributed by atoms with Gasteiger partial charge < -0.3 is 19.9 Å². The molecule has 31 heavy (non-hydrogen) atoms. The van der Waals surface area contributed by atoms with Crippen molar-refractivity contribution in [2.75, 3.05) is 51.5 Å². The summed E-state index contributed by atoms with van der Waals surface area (Å²) in [5.74, 6) is 1.83. The van der Waals surface area contributed by atoms with Crippen LogP contribution in [0.25, 0.3) is 0 Å². The minimum atomic E-state index is -3.02. The molecule has 2 aromatic rings. The molecule has 0 spiro atoms. The van der Waals surface area contributed by atoms with Crippen molar-refractivity contribution in [1.82, 2.24) is 10.2 Å². The number of aliphatic imine (C=N–C) groups is 1. The molecule has 1 aliphatic heterocycles. The van der Waals surface area contributed by atoms with Gasteiger partial charge in [0.15, 0.2) is 15.8 Å². The Morgan fingerprint density at radius 2 is 1.65 bits per heavy atom. The number of methoxy groups -OCH3 is 1. The second-order valence-electron chi connectivity index (χ2n) is 7.43. The molecule has 0 radical (unpaired) electrons. The molecule has 1 N–H and O–H groups in total. The van der Waals surface area contributed by atoms with Crippen LogP contribution < -0.4 is 15.0 Å². The van der Waals surface area contributed by atoms with E-state index in [-0.39, 0.29) is 29.7 Å². The number of guanidine groups is 1. The van der Waals surface area contributed by atoms with Gasteiger partial charge >= 0.3 is 0 Å². The molecule has 0 bridgehead atoms. The van der Waals surface area contributed by atoms with E-state index in [9.17, 15) is 8.42 Å². The number of para-hydroxylation sites is 2. The molecule has 0 saturated carbocycles. The number of hydrogen-bond acceptors (Lipinski definition) is 5. The fourth-order valence-corrected chi connectivity index (χ4v) is 4.42. The molecule has 2 aromatic carbocycles. The summed E-state index contributed by atoms with van der Waals surface area (Å²) in [6.07, 6.45) is 1.25. The number of sulfone groups is 1. The normalized spacial score (nSPS) is 14.7. The molecule has 1 saturated heterocycles. The Labute approximate surface area is 202 Å². The molecule has 0 amide bonds. The lowest BCUT2D eigenvalue weighted by Crippen LogP contribution is -2.52. The van der Waals surface area contributed by atoms with Gasteiger partial charge in [-0.25, -0.2) is 8.42 Å². The van der Waals surface area contributed by atoms with E-state index in [1.54, 1.807) is 14.2 Å². The first-order valence-electron chi connectivity index (χ1n) is 9.98. The quantitative estimate of drug-likeness (QED) is 0.334. The van der Waals surface area contributed by atoms with Crippen LogP contribution in [-0.4, -0.2) is 65.9 Å². The molecule has 1 heterocycles. The molecule has 0 atom stereocenters. The van der Waals surface area contributed by atoms with Crippen molar-refractivity contribution in [2.45, 2.75) is 12.3 Å². The van der Waals surface area contributed by atoms with Gasteiger partial charge in [0.05, 0.1) is 18.6 Å². The van der Waals surface area contributed by atoms with Gasteiger partial charge in [-0.15, -0.1) is 24.0 Å². The van der Waals surface area contributed by atoms with Crippen LogP contribution in [0.5, 0.6) is 5.75 Å². The first-order valence-corrected chi connectivity index (χ1v) is 12.0. The molecule has 7 nitrogen and oxygen atoms in total. The predicted molar refractivity (Wildman–Crippen MR) is 137 cm³/mol. The number of rotatable bonds is 6. The molecule has 1 fully saturated rings. The van der Waals surface area contributed by atoms with Crippen molar-refractivity contribution in [3.05, 3.63) is 59.7 Å². The van der Waals surface area contributed by atoms with Crippen molar-refractivity contribution in [3.63, 3.8) is 0 Å². The zero-order valence-electron chi connectivity index (χ0n) is 18.2. The summed E-state index contributed by atoms with van der Waals surface area (Å²) in [5.41, 5.74) is 3.01. The molecular formula is C22H31IN4O3S. The number of anilines is 1. The minimum absolute atomic E-state index is 0. The fraction of sp³-hybridized carbons (Fsp3) is 0.409. The molecule has 3 rings (SSSR count). The molecule has 0 unspecified atom stereocenters. The Balaban J connectivity index is 0.00000341. The van der Waals surface area contributed by atoms with Gasteiger partial charge in [-0.05, 0) is 23.3 Å². The topological polar surface area (TPSA) is 74.2 Å². The highest BCUT2D eigenvalue weighted by Gasteiger charge is 2.21. The van der Waals surface area contributed by atoms with E-state index >= 15 is 0 Å². The zero-order valence-corrected chi connectivity index (χ0v) is 21.4. The summed E-state index contributed by atoms with van der Waals surface area (Å²) in [6, 6.07) is 15.8. The van der Waals surface area contributed by atoms with Crippen LogP contribution in [0.4, 0.5) is 5.69 Å². The van der Waals surface area contributed by atoms with Crippen molar-refractivity contribution < 1.29 is 13.2 Å². The van der Waals surface area contributed by atoms with Gasteiger partial charge in [-0.1, -0.05) is 36.4 Å². The highest BCUT2D eigenvalue weighted by atomic mass is 127. The lowest BCUT2D eigenvalue weighted by Gasteiger charge is -2.38. The second-order valence-corrected chi connectivity index (χ2v) is 9.57. The van der Waals surface area contributed by atoms with Crippen LogP contribution in [-0.2, 0) is 22.1 Å². The fourth-order valence-electron chi connectivity index (χ4n) is 3.62. The molecule has 1 aliphatic rings. The maximum absolute atomic E-state index is 11.4. The van der Waals surface area contributed by atoms with Crippen LogP contribution in [0.15, 0.2) is 53.5 Å². The highest BCUT2D eigenvalue weighted by molar-refractivity contribution is 14.0. The number of nitrogens with one attached hydrogen (secondary N) is 1. The summed E-state index contributed by atoms with van der Waals surface area (Å²) in [4.78, 5) is 9.02. The molecule has 9 heteroatoms. The third kappa shape index (κ3) is 7.27. The van der Waals surface area contributed by atoms with Gasteiger partial charge in [0.1, 0.15) is 5.75 Å². The van der Waals surface area contributed by atoms with Gasteiger partial charge in [-0.3, -0.25) is 4.99 Å². The Kier molecular flexibility index (Phi) is 9.42. The maximum atomic E-state index is 11.4. The summed E-state index contributed by atoms with van der Waals surface area (Å²) in [5, 5.41) is 3.41. The molecular weight excluding hydrogens is 527 g/mol. The van der Waals surface area contributed by atoms with Crippen LogP contribution in [0, 0.1) is 0 Å². The second kappa shape index (κ2) is 11.6. The van der Waals surface area contributed by atoms with E-state index in [0.29, 0.717) is 6.54 Å². The van der Waals surface area contributed by atoms with Gasteiger partial charge in [0.2, 0.25) is 0 Å². The third-order valence-electron chi connectivity index (χ3n) is 5.12. The van der Waals surface area contributed by atoms with E-state index in [2.05, 4.69) is 26.2 Å². The Morgan fingerprint density at radius 1 is 1.03 bits per heavy atom. The monoisotopic (exact) mass is 558 g/mol. The molecule has 0 aromatic heterocycles. The van der Waals surface area contributed by atoms with Crippen LogP contribution in [0.2, 0.25) is 0 Å². The lowest BCUT2D eigenvalue weighted by atomic mass is 10.1. The summed E-state index contributed by atoms with van der Waals surface area (Å²) < 4.78 is 28.3.